The minimum atomic E-state index is 0.754. The van der Waals surface area contributed by atoms with Gasteiger partial charge in [-0.3, -0.25) is 0 Å². The maximum atomic E-state index is 6.23. The minimum Gasteiger partial charge on any atom is -0.457 e. The number of hydrogen-bond donors (Lipinski definition) is 0. The van der Waals surface area contributed by atoms with Crippen molar-refractivity contribution in [3.05, 3.63) is 109 Å². The number of hydrogen-bond acceptors (Lipinski definition) is 1. The quantitative estimate of drug-likeness (QED) is 0.458. The second kappa shape index (κ2) is 9.48. The van der Waals surface area contributed by atoms with Gasteiger partial charge in [-0.05, 0) is 60.6 Å². The largest absolute Gasteiger partial charge is 0.457 e. The predicted octanol–water partition coefficient (Wildman–Crippen LogP) is 6.39. The Morgan fingerprint density at radius 3 is 1.84 bits per heavy atom. The zero-order valence-corrected chi connectivity index (χ0v) is 14.8. The summed E-state index contributed by atoms with van der Waals surface area (Å²) in [6, 6.07) is 12.0. The molecular weight excluding hydrogens is 304 g/mol. The summed E-state index contributed by atoms with van der Waals surface area (Å²) in [6.45, 7) is 15.7. The van der Waals surface area contributed by atoms with Crippen LogP contribution in [0.5, 0.6) is 11.5 Å². The molecule has 128 valence electrons. The van der Waals surface area contributed by atoms with E-state index in [2.05, 4.69) is 32.4 Å². The molecule has 0 N–H and O–H groups in total. The highest BCUT2D eigenvalue weighted by molar-refractivity contribution is 5.53. The molecule has 0 atom stereocenters. The van der Waals surface area contributed by atoms with Crippen molar-refractivity contribution >= 4 is 0 Å². The third-order valence-electron chi connectivity index (χ3n) is 4.10. The molecule has 0 heterocycles. The maximum absolute atomic E-state index is 6.23. The molecule has 1 heteroatoms. The van der Waals surface area contributed by atoms with Crippen molar-refractivity contribution < 1.29 is 4.74 Å². The number of allylic oxidation sites excluding steroid dienone is 4. The lowest BCUT2D eigenvalue weighted by Gasteiger charge is -2.21. The van der Waals surface area contributed by atoms with Gasteiger partial charge in [-0.1, -0.05) is 42.5 Å². The lowest BCUT2D eigenvalue weighted by Crippen LogP contribution is -2.06. The summed E-state index contributed by atoms with van der Waals surface area (Å²) in [5, 5.41) is 0. The van der Waals surface area contributed by atoms with Crippen LogP contribution in [0.3, 0.4) is 0 Å². The van der Waals surface area contributed by atoms with E-state index in [0.717, 1.165) is 37.2 Å². The lowest BCUT2D eigenvalue weighted by atomic mass is 9.88. The highest BCUT2D eigenvalue weighted by Gasteiger charge is 2.17. The van der Waals surface area contributed by atoms with Crippen LogP contribution in [-0.2, 0) is 25.7 Å². The molecule has 0 saturated carbocycles. The van der Waals surface area contributed by atoms with Crippen LogP contribution < -0.4 is 4.74 Å². The molecule has 0 aliphatic heterocycles. The first-order valence-electron chi connectivity index (χ1n) is 8.58. The lowest BCUT2D eigenvalue weighted by molar-refractivity contribution is 0.476. The summed E-state index contributed by atoms with van der Waals surface area (Å²) in [6.07, 6.45) is 10.9. The average Bonchev–Trinajstić information content (AvgIpc) is 2.62. The van der Waals surface area contributed by atoms with Crippen molar-refractivity contribution in [3.63, 3.8) is 0 Å². The van der Waals surface area contributed by atoms with Crippen LogP contribution in [0.25, 0.3) is 0 Å². The molecule has 0 fully saturated rings. The number of rotatable bonds is 10. The van der Waals surface area contributed by atoms with Gasteiger partial charge < -0.3 is 4.74 Å². The van der Waals surface area contributed by atoms with E-state index in [0.29, 0.717) is 0 Å². The van der Waals surface area contributed by atoms with E-state index < -0.39 is 0 Å². The molecular formula is C24H26O. The second-order valence-electron chi connectivity index (χ2n) is 5.86. The fraction of sp³-hybridized carbons (Fsp3) is 0.167. The Morgan fingerprint density at radius 1 is 0.680 bits per heavy atom. The molecule has 0 saturated heterocycles. The summed E-state index contributed by atoms with van der Waals surface area (Å²) >= 11 is 0. The molecule has 0 spiro atoms. The van der Waals surface area contributed by atoms with Crippen LogP contribution in [0.4, 0.5) is 0 Å². The van der Waals surface area contributed by atoms with Gasteiger partial charge in [0.05, 0.1) is 0 Å². The van der Waals surface area contributed by atoms with Crippen LogP contribution in [0.1, 0.15) is 22.3 Å². The number of para-hydroxylation sites is 1. The van der Waals surface area contributed by atoms with Gasteiger partial charge in [0.2, 0.25) is 0 Å². The molecule has 25 heavy (non-hydrogen) atoms. The molecule has 2 aromatic rings. The summed E-state index contributed by atoms with van der Waals surface area (Å²) < 4.78 is 6.23. The summed E-state index contributed by atoms with van der Waals surface area (Å²) in [4.78, 5) is 0. The van der Waals surface area contributed by atoms with Gasteiger partial charge in [-0.25, -0.2) is 0 Å². The van der Waals surface area contributed by atoms with Crippen molar-refractivity contribution in [2.24, 2.45) is 0 Å². The first kappa shape index (κ1) is 18.5. The predicted molar refractivity (Wildman–Crippen MR) is 109 cm³/mol. The van der Waals surface area contributed by atoms with Crippen molar-refractivity contribution in [1.82, 2.24) is 0 Å². The molecule has 2 rings (SSSR count). The summed E-state index contributed by atoms with van der Waals surface area (Å²) in [7, 11) is 0. The Hall–Kier alpha value is -2.80. The Kier molecular flexibility index (Phi) is 7.03. The Morgan fingerprint density at radius 2 is 1.24 bits per heavy atom. The highest BCUT2D eigenvalue weighted by atomic mass is 16.5. The Labute approximate surface area is 151 Å². The fourth-order valence-electron chi connectivity index (χ4n) is 3.06. The van der Waals surface area contributed by atoms with E-state index in [1.165, 1.54) is 22.3 Å². The van der Waals surface area contributed by atoms with Crippen LogP contribution in [-0.4, -0.2) is 0 Å². The number of benzene rings is 2. The monoisotopic (exact) mass is 330 g/mol. The van der Waals surface area contributed by atoms with Gasteiger partial charge >= 0.3 is 0 Å². The van der Waals surface area contributed by atoms with Gasteiger partial charge in [0.25, 0.3) is 0 Å². The zero-order valence-electron chi connectivity index (χ0n) is 14.8. The third kappa shape index (κ3) is 4.60. The first-order valence-corrected chi connectivity index (χ1v) is 8.58. The van der Waals surface area contributed by atoms with Crippen LogP contribution in [0.15, 0.2) is 87.0 Å². The van der Waals surface area contributed by atoms with Crippen molar-refractivity contribution in [2.45, 2.75) is 25.7 Å². The van der Waals surface area contributed by atoms with Gasteiger partial charge in [0, 0.05) is 5.56 Å². The molecule has 0 aromatic heterocycles. The summed E-state index contributed by atoms with van der Waals surface area (Å²) in [5.74, 6) is 1.71. The first-order chi connectivity index (χ1) is 12.2. The molecule has 0 aliphatic rings. The van der Waals surface area contributed by atoms with Gasteiger partial charge in [-0.15, -0.1) is 26.3 Å². The molecule has 0 aliphatic carbocycles. The minimum absolute atomic E-state index is 0.754. The topological polar surface area (TPSA) is 9.23 Å². The van der Waals surface area contributed by atoms with Crippen molar-refractivity contribution in [2.75, 3.05) is 0 Å². The van der Waals surface area contributed by atoms with Crippen LogP contribution >= 0.6 is 0 Å². The van der Waals surface area contributed by atoms with E-state index in [1.54, 1.807) is 0 Å². The van der Waals surface area contributed by atoms with Crippen molar-refractivity contribution in [3.8, 4) is 11.5 Å². The van der Waals surface area contributed by atoms with E-state index in [4.69, 9.17) is 4.74 Å². The third-order valence-corrected chi connectivity index (χ3v) is 4.10. The van der Waals surface area contributed by atoms with E-state index in [1.807, 2.05) is 54.6 Å². The summed E-state index contributed by atoms with van der Waals surface area (Å²) in [5.41, 5.74) is 4.96. The Balaban J connectivity index is 2.66. The smallest absolute Gasteiger partial charge is 0.131 e. The van der Waals surface area contributed by atoms with Crippen molar-refractivity contribution in [1.29, 1.82) is 0 Å². The molecule has 1 nitrogen and oxygen atoms in total. The van der Waals surface area contributed by atoms with Crippen LogP contribution in [0, 0.1) is 0 Å². The van der Waals surface area contributed by atoms with E-state index >= 15 is 0 Å². The standard InChI is InChI=1S/C24H26O/c1-5-12-19-18-24(25-20-16-10-9-11-17-20)23(15-8-4)22(14-7-3)21(19)13-6-2/h5-11,16-18H,1-4,12-15H2. The molecule has 0 bridgehead atoms. The molecule has 0 unspecified atom stereocenters. The fourth-order valence-corrected chi connectivity index (χ4v) is 3.06. The highest BCUT2D eigenvalue weighted by Crippen LogP contribution is 2.34. The zero-order chi connectivity index (χ0) is 18.1. The SMILES string of the molecule is C=CCc1cc(Oc2ccccc2)c(CC=C)c(CC=C)c1CC=C. The van der Waals surface area contributed by atoms with Crippen LogP contribution in [0.2, 0.25) is 0 Å². The normalized spacial score (nSPS) is 10.1. The number of ether oxygens (including phenoxy) is 1. The van der Waals surface area contributed by atoms with Gasteiger partial charge in [-0.2, -0.15) is 0 Å². The average molecular weight is 330 g/mol. The molecule has 2 aromatic carbocycles. The molecule has 0 amide bonds. The second-order valence-corrected chi connectivity index (χ2v) is 5.86. The molecule has 0 radical (unpaired) electrons. The Bertz CT molecular complexity index is 753. The van der Waals surface area contributed by atoms with Gasteiger partial charge in [0.1, 0.15) is 11.5 Å². The van der Waals surface area contributed by atoms with E-state index in [9.17, 15) is 0 Å². The van der Waals surface area contributed by atoms with Gasteiger partial charge in [0.15, 0.2) is 0 Å². The maximum Gasteiger partial charge on any atom is 0.131 e. The van der Waals surface area contributed by atoms with E-state index in [-0.39, 0.29) is 0 Å².